The molecule has 1 nitrogen and oxygen atoms in total. The number of ether oxygens (including phenoxy) is 1. The zero-order chi connectivity index (χ0) is 12.8. The van der Waals surface area contributed by atoms with Crippen molar-refractivity contribution in [3.8, 4) is 0 Å². The van der Waals surface area contributed by atoms with Gasteiger partial charge in [-0.05, 0) is 24.6 Å². The Morgan fingerprint density at radius 2 is 1.89 bits per heavy atom. The Balaban J connectivity index is 1.61. The van der Waals surface area contributed by atoms with Gasteiger partial charge in [0.05, 0.1) is 12.4 Å². The Morgan fingerprint density at radius 3 is 2.63 bits per heavy atom. The number of allylic oxidation sites excluding steroid dienone is 5. The largest absolute Gasteiger partial charge is 0.499 e. The topological polar surface area (TPSA) is 9.23 Å². The molecule has 0 aromatic carbocycles. The summed E-state index contributed by atoms with van der Waals surface area (Å²) in [6.07, 6.45) is 15.1. The molecule has 100 valence electrons. The first-order valence-corrected chi connectivity index (χ1v) is 8.09. The number of rotatable bonds is 3. The highest BCUT2D eigenvalue weighted by Crippen LogP contribution is 2.63. The second-order valence-corrected chi connectivity index (χ2v) is 6.65. The molecular weight excluding hydrogens is 231 g/mol. The highest BCUT2D eigenvalue weighted by molar-refractivity contribution is 6.69. The lowest BCUT2D eigenvalue weighted by atomic mass is 9.27. The van der Waals surface area contributed by atoms with Crippen LogP contribution in [0.25, 0.3) is 0 Å². The van der Waals surface area contributed by atoms with Crippen LogP contribution in [0.2, 0.25) is 11.6 Å². The van der Waals surface area contributed by atoms with Crippen molar-refractivity contribution in [2.24, 2.45) is 17.8 Å². The molecule has 3 aliphatic carbocycles. The van der Waals surface area contributed by atoms with Gasteiger partial charge >= 0.3 is 0 Å². The summed E-state index contributed by atoms with van der Waals surface area (Å²) in [6.45, 7) is 3.74. The molecule has 4 rings (SSSR count). The summed E-state index contributed by atoms with van der Waals surface area (Å²) >= 11 is 0. The first-order chi connectivity index (χ1) is 9.40. The van der Waals surface area contributed by atoms with E-state index in [1.807, 2.05) is 0 Å². The van der Waals surface area contributed by atoms with Gasteiger partial charge in [0.25, 0.3) is 0 Å². The number of fused-ring (bicyclic) bond motifs is 4. The highest BCUT2D eigenvalue weighted by Gasteiger charge is 2.59. The molecule has 19 heavy (non-hydrogen) atoms. The molecule has 0 unspecified atom stereocenters. The fourth-order valence-corrected chi connectivity index (χ4v) is 5.13. The fraction of sp³-hybridized carbons (Fsp3) is 0.647. The van der Waals surface area contributed by atoms with Crippen molar-refractivity contribution in [3.63, 3.8) is 0 Å². The molecular formula is C17H23BO. The molecule has 1 aliphatic heterocycles. The third-order valence-electron chi connectivity index (χ3n) is 5.88. The Kier molecular flexibility index (Phi) is 2.86. The van der Waals surface area contributed by atoms with Crippen molar-refractivity contribution in [1.82, 2.24) is 0 Å². The number of hydrogen-bond donors (Lipinski definition) is 0. The van der Waals surface area contributed by atoms with Crippen LogP contribution in [0.1, 0.15) is 32.6 Å². The molecule has 0 bridgehead atoms. The van der Waals surface area contributed by atoms with Crippen molar-refractivity contribution in [2.75, 3.05) is 6.61 Å². The predicted octanol–water partition coefficient (Wildman–Crippen LogP) is 4.26. The molecule has 0 saturated heterocycles. The van der Waals surface area contributed by atoms with E-state index in [0.717, 1.165) is 36.8 Å². The van der Waals surface area contributed by atoms with Crippen LogP contribution < -0.4 is 0 Å². The summed E-state index contributed by atoms with van der Waals surface area (Å²) in [5.41, 5.74) is 0. The number of hydrogen-bond acceptors (Lipinski definition) is 1. The van der Waals surface area contributed by atoms with E-state index in [4.69, 9.17) is 4.74 Å². The van der Waals surface area contributed by atoms with Crippen molar-refractivity contribution in [2.45, 2.75) is 44.2 Å². The van der Waals surface area contributed by atoms with Gasteiger partial charge < -0.3 is 4.74 Å². The zero-order valence-corrected chi connectivity index (χ0v) is 11.8. The van der Waals surface area contributed by atoms with Gasteiger partial charge in [0.1, 0.15) is 0 Å². The lowest BCUT2D eigenvalue weighted by molar-refractivity contribution is 0.100. The quantitative estimate of drug-likeness (QED) is 0.684. The van der Waals surface area contributed by atoms with E-state index < -0.39 is 0 Å². The van der Waals surface area contributed by atoms with Crippen LogP contribution in [-0.4, -0.2) is 13.3 Å². The third kappa shape index (κ3) is 1.68. The molecule has 2 heteroatoms. The molecule has 0 aromatic heterocycles. The van der Waals surface area contributed by atoms with Gasteiger partial charge in [-0.25, -0.2) is 0 Å². The van der Waals surface area contributed by atoms with E-state index in [0.29, 0.717) is 5.92 Å². The van der Waals surface area contributed by atoms with Crippen molar-refractivity contribution in [3.05, 3.63) is 36.0 Å². The van der Waals surface area contributed by atoms with Crippen LogP contribution in [0.3, 0.4) is 0 Å². The highest BCUT2D eigenvalue weighted by atomic mass is 16.5. The Morgan fingerprint density at radius 1 is 1.16 bits per heavy atom. The molecule has 4 atom stereocenters. The molecule has 0 N–H and O–H groups in total. The second-order valence-electron chi connectivity index (χ2n) is 6.65. The summed E-state index contributed by atoms with van der Waals surface area (Å²) in [4.78, 5) is 0. The van der Waals surface area contributed by atoms with Crippen LogP contribution >= 0.6 is 0 Å². The third-order valence-corrected chi connectivity index (χ3v) is 5.88. The Hall–Kier alpha value is -0.915. The molecule has 2 fully saturated rings. The summed E-state index contributed by atoms with van der Waals surface area (Å²) in [7, 11) is 0. The predicted molar refractivity (Wildman–Crippen MR) is 80.2 cm³/mol. The molecule has 2 saturated carbocycles. The normalized spacial score (nSPS) is 39.8. The molecule has 0 amide bonds. The van der Waals surface area contributed by atoms with E-state index in [9.17, 15) is 0 Å². The SMILES string of the molecule is CCOC1=CB(C2CCCC2)[C@@H]2[C@H]3C=CC=C[C@H]3[C@H]12. The molecule has 0 aromatic rings. The van der Waals surface area contributed by atoms with Crippen molar-refractivity contribution < 1.29 is 4.74 Å². The summed E-state index contributed by atoms with van der Waals surface area (Å²) in [5.74, 6) is 7.83. The summed E-state index contributed by atoms with van der Waals surface area (Å²) in [5, 5.41) is 0. The molecule has 4 aliphatic rings. The van der Waals surface area contributed by atoms with E-state index in [-0.39, 0.29) is 0 Å². The zero-order valence-electron chi connectivity index (χ0n) is 11.8. The van der Waals surface area contributed by atoms with Gasteiger partial charge in [0, 0.05) is 5.92 Å². The maximum absolute atomic E-state index is 5.98. The minimum atomic E-state index is 0.691. The smallest absolute Gasteiger partial charge is 0.178 e. The average molecular weight is 254 g/mol. The van der Waals surface area contributed by atoms with E-state index in [2.05, 4.69) is 37.2 Å². The van der Waals surface area contributed by atoms with Gasteiger partial charge in [-0.2, -0.15) is 0 Å². The first-order valence-electron chi connectivity index (χ1n) is 8.09. The molecule has 0 spiro atoms. The van der Waals surface area contributed by atoms with Gasteiger partial charge in [-0.3, -0.25) is 0 Å². The summed E-state index contributed by atoms with van der Waals surface area (Å²) in [6, 6.07) is 0. The monoisotopic (exact) mass is 254 g/mol. The molecule has 0 radical (unpaired) electrons. The van der Waals surface area contributed by atoms with Crippen LogP contribution in [-0.2, 0) is 4.74 Å². The first kappa shape index (κ1) is 11.9. The lowest BCUT2D eigenvalue weighted by Gasteiger charge is -2.51. The second kappa shape index (κ2) is 4.57. The minimum absolute atomic E-state index is 0.691. The van der Waals surface area contributed by atoms with Crippen molar-refractivity contribution >= 4 is 6.71 Å². The fourth-order valence-electron chi connectivity index (χ4n) is 5.13. The van der Waals surface area contributed by atoms with Gasteiger partial charge in [0.2, 0.25) is 0 Å². The minimum Gasteiger partial charge on any atom is -0.499 e. The van der Waals surface area contributed by atoms with Gasteiger partial charge in [-0.15, -0.1) is 0 Å². The standard InChI is InChI=1S/C17H23BO/c1-2-19-15-11-18(12-7-3-4-8-12)17-14-10-6-5-9-13(14)16(15)17/h5-6,9-14,16-17H,2-4,7-8H2,1H3/t13-,14+,16-,17-/m1/s1. The van der Waals surface area contributed by atoms with Crippen LogP contribution in [0.4, 0.5) is 0 Å². The van der Waals surface area contributed by atoms with Crippen LogP contribution in [0.15, 0.2) is 36.0 Å². The maximum Gasteiger partial charge on any atom is 0.178 e. The van der Waals surface area contributed by atoms with Gasteiger partial charge in [-0.1, -0.05) is 61.8 Å². The Bertz CT molecular complexity index is 444. The molecule has 1 heterocycles. The van der Waals surface area contributed by atoms with Crippen LogP contribution in [0, 0.1) is 17.8 Å². The lowest BCUT2D eigenvalue weighted by Crippen LogP contribution is -2.46. The van der Waals surface area contributed by atoms with E-state index in [1.165, 1.54) is 31.4 Å². The van der Waals surface area contributed by atoms with E-state index in [1.54, 1.807) is 0 Å². The van der Waals surface area contributed by atoms with Gasteiger partial charge in [0.15, 0.2) is 6.71 Å². The maximum atomic E-state index is 5.98. The van der Waals surface area contributed by atoms with E-state index >= 15 is 0 Å². The van der Waals surface area contributed by atoms with Crippen molar-refractivity contribution in [1.29, 1.82) is 0 Å². The van der Waals surface area contributed by atoms with Crippen LogP contribution in [0.5, 0.6) is 0 Å². The Labute approximate surface area is 116 Å². The average Bonchev–Trinajstić information content (AvgIpc) is 3.02. The summed E-state index contributed by atoms with van der Waals surface area (Å²) < 4.78 is 5.98.